The van der Waals surface area contributed by atoms with Gasteiger partial charge in [0.2, 0.25) is 0 Å². The molecule has 0 saturated heterocycles. The minimum absolute atomic E-state index is 0.00101. The van der Waals surface area contributed by atoms with E-state index in [1.165, 1.54) is 27.6 Å². The molecule has 0 aliphatic carbocycles. The molecule has 244 valence electrons. The second-order valence-corrected chi connectivity index (χ2v) is 14.5. The number of nitrogens with zero attached hydrogens (tertiary/aromatic N) is 5. The Labute approximate surface area is 290 Å². The molecular weight excluding hydrogens is 615 g/mol. The summed E-state index contributed by atoms with van der Waals surface area (Å²) in [6, 6.07) is 34.0. The Bertz CT molecular complexity index is 2790. The van der Waals surface area contributed by atoms with Crippen molar-refractivity contribution in [2.75, 3.05) is 0 Å². The standard InChI is InChI=1S/C44H37N5O/c1-26-20-27(2)41(28(3)21-26)37-25-48-42-35(11-9-18-46-42)32-15-13-30(23-36(32)43(48)47-37)50-31-14-16-34-33-10-7-8-12-38(33)49(39(34)24-31)40-22-29(17-19-45-40)44(4,5)6/h7-25H,1-6H3. The number of aromatic nitrogens is 5. The third kappa shape index (κ3) is 4.74. The fourth-order valence-electron chi connectivity index (χ4n) is 7.65. The highest BCUT2D eigenvalue weighted by atomic mass is 16.5. The van der Waals surface area contributed by atoms with Gasteiger partial charge in [-0.2, -0.15) is 0 Å². The number of para-hydroxylation sites is 1. The zero-order valence-electron chi connectivity index (χ0n) is 29.1. The molecule has 4 aromatic carbocycles. The van der Waals surface area contributed by atoms with Crippen molar-refractivity contribution in [1.82, 2.24) is 23.9 Å². The van der Waals surface area contributed by atoms with Crippen molar-refractivity contribution in [2.24, 2.45) is 0 Å². The van der Waals surface area contributed by atoms with Crippen LogP contribution in [0.3, 0.4) is 0 Å². The normalized spacial score (nSPS) is 12.2. The maximum Gasteiger partial charge on any atom is 0.147 e. The number of hydrogen-bond donors (Lipinski definition) is 0. The molecule has 9 rings (SSSR count). The van der Waals surface area contributed by atoms with Crippen molar-refractivity contribution >= 4 is 49.3 Å². The molecule has 0 radical (unpaired) electrons. The first-order chi connectivity index (χ1) is 24.1. The number of benzene rings is 4. The Morgan fingerprint density at radius 2 is 1.32 bits per heavy atom. The number of imidazole rings is 1. The summed E-state index contributed by atoms with van der Waals surface area (Å²) in [5.74, 6) is 2.38. The van der Waals surface area contributed by atoms with E-state index in [2.05, 4.69) is 142 Å². The van der Waals surface area contributed by atoms with Crippen LogP contribution in [0.15, 0.2) is 116 Å². The van der Waals surface area contributed by atoms with Crippen LogP contribution in [0.25, 0.3) is 66.3 Å². The van der Waals surface area contributed by atoms with Crippen molar-refractivity contribution in [3.8, 4) is 28.6 Å². The first-order valence-electron chi connectivity index (χ1n) is 17.1. The molecule has 6 heteroatoms. The average molecular weight is 652 g/mol. The lowest BCUT2D eigenvalue weighted by Crippen LogP contribution is -2.12. The zero-order chi connectivity index (χ0) is 34.3. The van der Waals surface area contributed by atoms with Crippen molar-refractivity contribution in [3.63, 3.8) is 0 Å². The summed E-state index contributed by atoms with van der Waals surface area (Å²) in [7, 11) is 0. The van der Waals surface area contributed by atoms with E-state index in [9.17, 15) is 0 Å². The summed E-state index contributed by atoms with van der Waals surface area (Å²) >= 11 is 0. The van der Waals surface area contributed by atoms with E-state index in [0.717, 1.165) is 72.4 Å². The molecule has 0 N–H and O–H groups in total. The average Bonchev–Trinajstić information content (AvgIpc) is 3.67. The van der Waals surface area contributed by atoms with Crippen LogP contribution in [0.5, 0.6) is 11.5 Å². The van der Waals surface area contributed by atoms with Crippen molar-refractivity contribution in [2.45, 2.75) is 47.0 Å². The molecule has 0 aliphatic heterocycles. The first kappa shape index (κ1) is 30.1. The highest BCUT2D eigenvalue weighted by Crippen LogP contribution is 2.38. The first-order valence-corrected chi connectivity index (χ1v) is 17.1. The van der Waals surface area contributed by atoms with E-state index in [4.69, 9.17) is 19.7 Å². The van der Waals surface area contributed by atoms with Gasteiger partial charge in [-0.3, -0.25) is 8.97 Å². The van der Waals surface area contributed by atoms with Gasteiger partial charge in [0.25, 0.3) is 0 Å². The van der Waals surface area contributed by atoms with Gasteiger partial charge >= 0.3 is 0 Å². The van der Waals surface area contributed by atoms with Crippen LogP contribution in [0, 0.1) is 20.8 Å². The number of ether oxygens (including phenoxy) is 1. The molecule has 0 amide bonds. The van der Waals surface area contributed by atoms with Gasteiger partial charge < -0.3 is 4.74 Å². The van der Waals surface area contributed by atoms with Crippen molar-refractivity contribution < 1.29 is 4.74 Å². The molecule has 0 bridgehead atoms. The lowest BCUT2D eigenvalue weighted by molar-refractivity contribution is 0.484. The van der Waals surface area contributed by atoms with Crippen LogP contribution in [0.4, 0.5) is 0 Å². The molecule has 0 atom stereocenters. The number of hydrogen-bond acceptors (Lipinski definition) is 4. The van der Waals surface area contributed by atoms with Crippen LogP contribution in [-0.4, -0.2) is 23.9 Å². The van der Waals surface area contributed by atoms with Gasteiger partial charge in [-0.1, -0.05) is 56.7 Å². The van der Waals surface area contributed by atoms with Gasteiger partial charge in [0, 0.05) is 51.8 Å². The van der Waals surface area contributed by atoms with E-state index in [1.54, 1.807) is 0 Å². The minimum atomic E-state index is 0.00101. The second kappa shape index (κ2) is 11.0. The SMILES string of the molecule is Cc1cc(C)c(-c2cn3c4ncccc4c4ccc(Oc5ccc6c7ccccc7n(-c7cc(C(C)(C)C)ccn7)c6c5)cc4c3n2)c(C)c1. The molecule has 5 heterocycles. The van der Waals surface area contributed by atoms with Gasteiger partial charge in [-0.25, -0.2) is 15.0 Å². The van der Waals surface area contributed by atoms with Gasteiger partial charge in [0.15, 0.2) is 0 Å². The summed E-state index contributed by atoms with van der Waals surface area (Å²) in [5.41, 5.74) is 10.9. The van der Waals surface area contributed by atoms with E-state index >= 15 is 0 Å². The molecule has 9 aromatic rings. The lowest BCUT2D eigenvalue weighted by atomic mass is 9.88. The van der Waals surface area contributed by atoms with Gasteiger partial charge in [-0.15, -0.1) is 0 Å². The topological polar surface area (TPSA) is 57.2 Å². The minimum Gasteiger partial charge on any atom is -0.457 e. The number of aryl methyl sites for hydroxylation is 3. The molecular formula is C44H37N5O. The van der Waals surface area contributed by atoms with E-state index in [0.29, 0.717) is 0 Å². The third-order valence-electron chi connectivity index (χ3n) is 9.90. The van der Waals surface area contributed by atoms with E-state index in [-0.39, 0.29) is 5.41 Å². The molecule has 5 aromatic heterocycles. The highest BCUT2D eigenvalue weighted by Gasteiger charge is 2.20. The Hall–Kier alpha value is -6.01. The summed E-state index contributed by atoms with van der Waals surface area (Å²) < 4.78 is 11.0. The maximum atomic E-state index is 6.68. The summed E-state index contributed by atoms with van der Waals surface area (Å²) in [6.07, 6.45) is 5.88. The second-order valence-electron chi connectivity index (χ2n) is 14.5. The Balaban J connectivity index is 1.20. The fourth-order valence-corrected chi connectivity index (χ4v) is 7.65. The summed E-state index contributed by atoms with van der Waals surface area (Å²) in [5, 5.41) is 5.50. The highest BCUT2D eigenvalue weighted by molar-refractivity contribution is 6.12. The Morgan fingerprint density at radius 3 is 2.12 bits per heavy atom. The monoisotopic (exact) mass is 651 g/mol. The quantitative estimate of drug-likeness (QED) is 0.178. The van der Waals surface area contributed by atoms with Crippen LogP contribution in [-0.2, 0) is 5.41 Å². The zero-order valence-corrected chi connectivity index (χ0v) is 29.1. The van der Waals surface area contributed by atoms with E-state index in [1.807, 2.05) is 24.5 Å². The third-order valence-corrected chi connectivity index (χ3v) is 9.90. The summed E-state index contributed by atoms with van der Waals surface area (Å²) in [4.78, 5) is 14.9. The van der Waals surface area contributed by atoms with Crippen LogP contribution < -0.4 is 4.74 Å². The predicted molar refractivity (Wildman–Crippen MR) is 205 cm³/mol. The Morgan fingerprint density at radius 1 is 0.600 bits per heavy atom. The molecule has 0 fully saturated rings. The smallest absolute Gasteiger partial charge is 0.147 e. The van der Waals surface area contributed by atoms with Gasteiger partial charge in [0.1, 0.15) is 28.6 Å². The molecule has 0 unspecified atom stereocenters. The van der Waals surface area contributed by atoms with Crippen molar-refractivity contribution in [3.05, 3.63) is 138 Å². The number of rotatable bonds is 4. The van der Waals surface area contributed by atoms with Crippen LogP contribution in [0.2, 0.25) is 0 Å². The Kier molecular flexibility index (Phi) is 6.62. The molecule has 0 aliphatic rings. The van der Waals surface area contributed by atoms with Crippen molar-refractivity contribution in [1.29, 1.82) is 0 Å². The van der Waals surface area contributed by atoms with Gasteiger partial charge in [0.05, 0.1) is 16.7 Å². The van der Waals surface area contributed by atoms with Crippen LogP contribution >= 0.6 is 0 Å². The maximum absolute atomic E-state index is 6.68. The molecule has 6 nitrogen and oxygen atoms in total. The number of fused-ring (bicyclic) bond motifs is 9. The largest absolute Gasteiger partial charge is 0.457 e. The fraction of sp³-hybridized carbons (Fsp3) is 0.159. The molecule has 50 heavy (non-hydrogen) atoms. The lowest BCUT2D eigenvalue weighted by Gasteiger charge is -2.20. The summed E-state index contributed by atoms with van der Waals surface area (Å²) in [6.45, 7) is 13.2. The molecule has 0 spiro atoms. The molecule has 0 saturated carbocycles. The number of pyridine rings is 3. The van der Waals surface area contributed by atoms with Gasteiger partial charge in [-0.05, 0) is 109 Å². The van der Waals surface area contributed by atoms with Crippen LogP contribution in [0.1, 0.15) is 43.0 Å². The predicted octanol–water partition coefficient (Wildman–Crippen LogP) is 11.2. The van der Waals surface area contributed by atoms with E-state index < -0.39 is 0 Å².